The monoisotopic (exact) mass is 555 g/mol. The van der Waals surface area contributed by atoms with Gasteiger partial charge in [0, 0.05) is 43.2 Å². The zero-order chi connectivity index (χ0) is 28.6. The molecule has 3 fully saturated rings. The number of hydrogen-bond donors (Lipinski definition) is 2. The molecule has 216 valence electrons. The van der Waals surface area contributed by atoms with Crippen LogP contribution in [0.1, 0.15) is 61.9 Å². The SMILES string of the molecule is COc1cc(C(=O)N2C[C@H]3CC[C@@H]2[C@@H]3N)cc2nc(-c3cc4cccc(CCC(C)(C)O)c4n3CC3CC3)n(C)c12. The third-order valence-corrected chi connectivity index (χ3v) is 9.69. The summed E-state index contributed by atoms with van der Waals surface area (Å²) < 4.78 is 10.4. The van der Waals surface area contributed by atoms with Crippen molar-refractivity contribution in [1.29, 1.82) is 0 Å². The highest BCUT2D eigenvalue weighted by Crippen LogP contribution is 2.41. The second-order valence-electron chi connectivity index (χ2n) is 13.2. The molecule has 41 heavy (non-hydrogen) atoms. The molecule has 3 heterocycles. The highest BCUT2D eigenvalue weighted by Gasteiger charge is 2.47. The number of imidazole rings is 1. The summed E-state index contributed by atoms with van der Waals surface area (Å²) in [5.74, 6) is 2.59. The number of para-hydroxylation sites is 1. The van der Waals surface area contributed by atoms with E-state index in [1.807, 2.05) is 37.9 Å². The molecule has 2 aromatic carbocycles. The number of nitrogens with two attached hydrogens (primary N) is 1. The number of carbonyl (C=O) groups excluding carboxylic acids is 1. The number of methoxy groups -OCH3 is 1. The fraction of sp³-hybridized carbons (Fsp3) is 0.515. The van der Waals surface area contributed by atoms with Gasteiger partial charge in [0.05, 0.1) is 29.4 Å². The van der Waals surface area contributed by atoms with Gasteiger partial charge in [-0.15, -0.1) is 0 Å². The van der Waals surface area contributed by atoms with Crippen molar-refractivity contribution < 1.29 is 14.6 Å². The van der Waals surface area contributed by atoms with Crippen LogP contribution >= 0.6 is 0 Å². The lowest BCUT2D eigenvalue weighted by molar-refractivity contribution is 0.0698. The van der Waals surface area contributed by atoms with Crippen molar-refractivity contribution in [3.63, 3.8) is 0 Å². The molecule has 2 bridgehead atoms. The molecule has 3 atom stereocenters. The lowest BCUT2D eigenvalue weighted by Gasteiger charge is -2.27. The van der Waals surface area contributed by atoms with E-state index in [-0.39, 0.29) is 18.0 Å². The average Bonchev–Trinajstić information content (AvgIpc) is 3.33. The molecular weight excluding hydrogens is 514 g/mol. The maximum atomic E-state index is 13.7. The van der Waals surface area contributed by atoms with Gasteiger partial charge in [0.1, 0.15) is 11.3 Å². The minimum absolute atomic E-state index is 0.0133. The second kappa shape index (κ2) is 9.60. The average molecular weight is 556 g/mol. The van der Waals surface area contributed by atoms with Gasteiger partial charge < -0.3 is 29.6 Å². The summed E-state index contributed by atoms with van der Waals surface area (Å²) in [6, 6.07) is 12.7. The highest BCUT2D eigenvalue weighted by molar-refractivity contribution is 6.00. The van der Waals surface area contributed by atoms with Gasteiger partial charge in [-0.3, -0.25) is 4.79 Å². The zero-order valence-electron chi connectivity index (χ0n) is 24.6. The summed E-state index contributed by atoms with van der Waals surface area (Å²) in [6.45, 7) is 5.42. The first-order chi connectivity index (χ1) is 19.6. The molecule has 0 unspecified atom stereocenters. The fourth-order valence-corrected chi connectivity index (χ4v) is 7.24. The Hall–Kier alpha value is -3.36. The number of amides is 1. The number of fused-ring (bicyclic) bond motifs is 4. The molecule has 8 heteroatoms. The van der Waals surface area contributed by atoms with E-state index in [1.165, 1.54) is 29.3 Å². The topological polar surface area (TPSA) is 98.5 Å². The van der Waals surface area contributed by atoms with E-state index >= 15 is 0 Å². The lowest BCUT2D eigenvalue weighted by Crippen LogP contribution is -2.41. The molecule has 8 nitrogen and oxygen atoms in total. The van der Waals surface area contributed by atoms with Gasteiger partial charge in [-0.25, -0.2) is 4.98 Å². The van der Waals surface area contributed by atoms with Crippen LogP contribution < -0.4 is 10.5 Å². The van der Waals surface area contributed by atoms with Gasteiger partial charge in [-0.05, 0) is 88.0 Å². The number of hydrogen-bond acceptors (Lipinski definition) is 5. The Kier molecular flexibility index (Phi) is 6.21. The van der Waals surface area contributed by atoms with Crippen LogP contribution in [0.5, 0.6) is 5.75 Å². The van der Waals surface area contributed by atoms with Crippen LogP contribution in [-0.2, 0) is 20.0 Å². The van der Waals surface area contributed by atoms with Gasteiger partial charge >= 0.3 is 0 Å². The van der Waals surface area contributed by atoms with Crippen molar-refractivity contribution in [1.82, 2.24) is 19.0 Å². The molecule has 3 aliphatic rings. The minimum Gasteiger partial charge on any atom is -0.494 e. The number of benzene rings is 2. The Morgan fingerprint density at radius 3 is 2.61 bits per heavy atom. The first-order valence-electron chi connectivity index (χ1n) is 15.1. The summed E-state index contributed by atoms with van der Waals surface area (Å²) in [5.41, 5.74) is 11.5. The molecule has 4 aromatic rings. The highest BCUT2D eigenvalue weighted by atomic mass is 16.5. The molecule has 2 aliphatic carbocycles. The van der Waals surface area contributed by atoms with E-state index in [2.05, 4.69) is 33.4 Å². The first kappa shape index (κ1) is 26.5. The third-order valence-electron chi connectivity index (χ3n) is 9.69. The number of carbonyl (C=O) groups is 1. The Bertz CT molecular complexity index is 1660. The number of aromatic nitrogens is 3. The second-order valence-corrected chi connectivity index (χ2v) is 13.2. The van der Waals surface area contributed by atoms with Crippen molar-refractivity contribution in [3.8, 4) is 17.3 Å². The molecule has 1 saturated heterocycles. The summed E-state index contributed by atoms with van der Waals surface area (Å²) in [7, 11) is 3.68. The van der Waals surface area contributed by atoms with E-state index in [4.69, 9.17) is 15.5 Å². The van der Waals surface area contributed by atoms with E-state index in [0.717, 1.165) is 54.9 Å². The predicted octanol–water partition coefficient (Wildman–Crippen LogP) is 4.88. The van der Waals surface area contributed by atoms with E-state index in [9.17, 15) is 9.90 Å². The molecule has 1 aliphatic heterocycles. The Balaban J connectivity index is 1.33. The summed E-state index contributed by atoms with van der Waals surface area (Å²) in [6.07, 6.45) is 6.08. The lowest BCUT2D eigenvalue weighted by atomic mass is 9.98. The largest absolute Gasteiger partial charge is 0.494 e. The number of aliphatic hydroxyl groups is 1. The number of rotatable bonds is 8. The maximum absolute atomic E-state index is 13.7. The Morgan fingerprint density at radius 2 is 1.95 bits per heavy atom. The van der Waals surface area contributed by atoms with Gasteiger partial charge in [0.25, 0.3) is 5.91 Å². The van der Waals surface area contributed by atoms with Crippen LogP contribution in [0.2, 0.25) is 0 Å². The normalized spacial score (nSPS) is 22.4. The van der Waals surface area contributed by atoms with Crippen molar-refractivity contribution in [2.75, 3.05) is 13.7 Å². The van der Waals surface area contributed by atoms with Crippen LogP contribution in [-0.4, -0.2) is 61.4 Å². The van der Waals surface area contributed by atoms with Crippen LogP contribution in [0.15, 0.2) is 36.4 Å². The quantitative estimate of drug-likeness (QED) is 0.323. The smallest absolute Gasteiger partial charge is 0.254 e. The molecule has 7 rings (SSSR count). The van der Waals surface area contributed by atoms with Crippen molar-refractivity contribution in [2.24, 2.45) is 24.6 Å². The fourth-order valence-electron chi connectivity index (χ4n) is 7.24. The molecule has 0 spiro atoms. The van der Waals surface area contributed by atoms with Crippen molar-refractivity contribution >= 4 is 27.8 Å². The molecule has 2 aromatic heterocycles. The Labute approximate surface area is 241 Å². The number of nitrogens with zero attached hydrogens (tertiary/aromatic N) is 4. The number of aryl methyl sites for hydroxylation is 2. The van der Waals surface area contributed by atoms with Gasteiger partial charge in [-0.2, -0.15) is 0 Å². The van der Waals surface area contributed by atoms with Gasteiger partial charge in [0.15, 0.2) is 5.82 Å². The van der Waals surface area contributed by atoms with E-state index < -0.39 is 5.60 Å². The van der Waals surface area contributed by atoms with Crippen LogP contribution in [0.3, 0.4) is 0 Å². The van der Waals surface area contributed by atoms with E-state index in [1.54, 1.807) is 7.11 Å². The van der Waals surface area contributed by atoms with Crippen LogP contribution in [0.25, 0.3) is 33.5 Å². The molecule has 3 N–H and O–H groups in total. The number of ether oxygens (including phenoxy) is 1. The summed E-state index contributed by atoms with van der Waals surface area (Å²) in [4.78, 5) is 20.8. The Morgan fingerprint density at radius 1 is 1.15 bits per heavy atom. The number of likely N-dealkylation sites (tertiary alicyclic amines) is 1. The minimum atomic E-state index is -0.721. The molecule has 1 amide bonds. The maximum Gasteiger partial charge on any atom is 0.254 e. The van der Waals surface area contributed by atoms with Gasteiger partial charge in [0.2, 0.25) is 0 Å². The van der Waals surface area contributed by atoms with Crippen molar-refractivity contribution in [2.45, 2.75) is 76.6 Å². The van der Waals surface area contributed by atoms with E-state index in [0.29, 0.717) is 29.6 Å². The summed E-state index contributed by atoms with van der Waals surface area (Å²) in [5, 5.41) is 11.6. The number of piperidine rings is 1. The predicted molar refractivity (Wildman–Crippen MR) is 161 cm³/mol. The molecule has 2 saturated carbocycles. The van der Waals surface area contributed by atoms with Crippen LogP contribution in [0.4, 0.5) is 0 Å². The zero-order valence-corrected chi connectivity index (χ0v) is 24.6. The van der Waals surface area contributed by atoms with Gasteiger partial charge in [-0.1, -0.05) is 18.2 Å². The molecule has 0 radical (unpaired) electrons. The standard InChI is InChI=1S/C33H41N5O3/c1-33(2,40)13-12-20-6-5-7-21-15-26(37(29(20)21)17-19-8-9-19)31-35-24-14-23(16-27(41-4)30(24)36(31)3)32(39)38-18-22-10-11-25(38)28(22)34/h5-7,14-16,19,22,25,28,40H,8-13,17-18,34H2,1-4H3/t22-,25-,28-/m1/s1. The first-order valence-corrected chi connectivity index (χ1v) is 15.1. The van der Waals surface area contributed by atoms with Crippen LogP contribution in [0, 0.1) is 11.8 Å². The van der Waals surface area contributed by atoms with Crippen molar-refractivity contribution in [3.05, 3.63) is 47.5 Å². The summed E-state index contributed by atoms with van der Waals surface area (Å²) >= 11 is 0. The molecular formula is C33H41N5O3. The third kappa shape index (κ3) is 4.52.